The van der Waals surface area contributed by atoms with Gasteiger partial charge in [-0.05, 0) is 31.4 Å². The van der Waals surface area contributed by atoms with Crippen molar-refractivity contribution in [2.45, 2.75) is 50.1 Å². The van der Waals surface area contributed by atoms with E-state index in [1.807, 2.05) is 18.2 Å². The third-order valence-electron chi connectivity index (χ3n) is 4.85. The second-order valence-corrected chi connectivity index (χ2v) is 6.88. The van der Waals surface area contributed by atoms with Gasteiger partial charge in [-0.2, -0.15) is 0 Å². The lowest BCUT2D eigenvalue weighted by Gasteiger charge is -2.32. The number of anilines is 1. The molecule has 23 heavy (non-hydrogen) atoms. The summed E-state index contributed by atoms with van der Waals surface area (Å²) in [7, 11) is 0. The molecule has 124 valence electrons. The van der Waals surface area contributed by atoms with Gasteiger partial charge in [0.15, 0.2) is 0 Å². The fraction of sp³-hybridized carbons (Fsp3) is 0.529. The summed E-state index contributed by atoms with van der Waals surface area (Å²) in [4.78, 5) is 26.7. The van der Waals surface area contributed by atoms with E-state index in [1.54, 1.807) is 11.0 Å². The van der Waals surface area contributed by atoms with E-state index in [0.717, 1.165) is 19.3 Å². The van der Waals surface area contributed by atoms with Crippen LogP contribution in [0.4, 0.5) is 5.69 Å². The molecule has 6 heteroatoms. The van der Waals surface area contributed by atoms with Crippen LogP contribution in [0.25, 0.3) is 0 Å². The van der Waals surface area contributed by atoms with Crippen molar-refractivity contribution in [1.82, 2.24) is 5.32 Å². The van der Waals surface area contributed by atoms with Gasteiger partial charge in [-0.25, -0.2) is 0 Å². The molecule has 2 fully saturated rings. The van der Waals surface area contributed by atoms with E-state index < -0.39 is 11.6 Å². The van der Waals surface area contributed by atoms with E-state index >= 15 is 0 Å². The Labute approximate surface area is 141 Å². The fourth-order valence-corrected chi connectivity index (χ4v) is 3.67. The number of benzene rings is 1. The first-order chi connectivity index (χ1) is 11.0. The number of amides is 2. The summed E-state index contributed by atoms with van der Waals surface area (Å²) < 4.78 is 0. The van der Waals surface area contributed by atoms with Crippen LogP contribution in [0.1, 0.15) is 38.5 Å². The molecule has 1 unspecified atom stereocenters. The number of para-hydroxylation sites is 1. The van der Waals surface area contributed by atoms with Gasteiger partial charge < -0.3 is 16.0 Å². The van der Waals surface area contributed by atoms with Crippen LogP contribution in [-0.2, 0) is 9.59 Å². The van der Waals surface area contributed by atoms with Crippen LogP contribution in [0.2, 0.25) is 5.02 Å². The Hall–Kier alpha value is -1.59. The topological polar surface area (TPSA) is 75.4 Å². The minimum Gasteiger partial charge on any atom is -0.343 e. The first kappa shape index (κ1) is 16.3. The van der Waals surface area contributed by atoms with Crippen LogP contribution in [0.15, 0.2) is 24.3 Å². The van der Waals surface area contributed by atoms with Crippen LogP contribution in [-0.4, -0.2) is 29.9 Å². The predicted molar refractivity (Wildman–Crippen MR) is 90.4 cm³/mol. The highest BCUT2D eigenvalue weighted by Crippen LogP contribution is 2.30. The summed E-state index contributed by atoms with van der Waals surface area (Å²) in [6.07, 6.45) is 5.01. The zero-order valence-corrected chi connectivity index (χ0v) is 13.8. The third-order valence-corrected chi connectivity index (χ3v) is 5.17. The van der Waals surface area contributed by atoms with Crippen molar-refractivity contribution in [3.8, 4) is 0 Å². The molecule has 1 atom stereocenters. The normalized spacial score (nSPS) is 23.8. The molecule has 0 spiro atoms. The number of hydrogen-bond donors (Lipinski definition) is 2. The van der Waals surface area contributed by atoms with Crippen LogP contribution in [0, 0.1) is 0 Å². The van der Waals surface area contributed by atoms with Crippen LogP contribution in [0.5, 0.6) is 0 Å². The summed E-state index contributed by atoms with van der Waals surface area (Å²) in [5.41, 5.74) is 6.11. The van der Waals surface area contributed by atoms with E-state index in [4.69, 9.17) is 17.3 Å². The zero-order chi connectivity index (χ0) is 16.4. The molecular weight excluding hydrogens is 314 g/mol. The Morgan fingerprint density at radius 3 is 2.65 bits per heavy atom. The largest absolute Gasteiger partial charge is 0.343 e. The minimum atomic E-state index is -0.823. The quantitative estimate of drug-likeness (QED) is 0.889. The molecule has 3 N–H and O–H groups in total. The molecule has 0 bridgehead atoms. The lowest BCUT2D eigenvalue weighted by atomic mass is 9.81. The number of nitrogens with two attached hydrogens (primary N) is 1. The summed E-state index contributed by atoms with van der Waals surface area (Å²) in [6.45, 7) is 0.547. The monoisotopic (exact) mass is 335 g/mol. The summed E-state index contributed by atoms with van der Waals surface area (Å²) in [5.74, 6) is -0.317. The Balaban J connectivity index is 1.68. The van der Waals surface area contributed by atoms with Gasteiger partial charge in [-0.15, -0.1) is 0 Å². The molecule has 1 saturated carbocycles. The second kappa shape index (κ2) is 6.49. The third kappa shape index (κ3) is 3.21. The van der Waals surface area contributed by atoms with E-state index in [9.17, 15) is 9.59 Å². The van der Waals surface area contributed by atoms with Crippen molar-refractivity contribution >= 4 is 29.1 Å². The van der Waals surface area contributed by atoms with Crippen molar-refractivity contribution in [2.24, 2.45) is 5.73 Å². The molecular formula is C17H22ClN3O2. The van der Waals surface area contributed by atoms with Gasteiger partial charge >= 0.3 is 0 Å². The van der Waals surface area contributed by atoms with Gasteiger partial charge in [0.25, 0.3) is 0 Å². The fourth-order valence-electron chi connectivity index (χ4n) is 3.44. The maximum atomic E-state index is 12.6. The SMILES string of the molecule is NC1(C(=O)NC2CCN(c3ccccc3Cl)C2=O)CCCCC1. The van der Waals surface area contributed by atoms with Crippen LogP contribution < -0.4 is 16.0 Å². The Morgan fingerprint density at radius 2 is 1.96 bits per heavy atom. The van der Waals surface area contributed by atoms with Gasteiger partial charge in [0.05, 0.1) is 16.2 Å². The van der Waals surface area contributed by atoms with Gasteiger partial charge in [-0.3, -0.25) is 9.59 Å². The molecule has 1 heterocycles. The average molecular weight is 336 g/mol. The first-order valence-electron chi connectivity index (χ1n) is 8.17. The van der Waals surface area contributed by atoms with E-state index in [2.05, 4.69) is 5.32 Å². The zero-order valence-electron chi connectivity index (χ0n) is 13.1. The van der Waals surface area contributed by atoms with Crippen molar-refractivity contribution in [3.63, 3.8) is 0 Å². The van der Waals surface area contributed by atoms with E-state index in [0.29, 0.717) is 36.5 Å². The molecule has 0 radical (unpaired) electrons. The highest BCUT2D eigenvalue weighted by atomic mass is 35.5. The number of nitrogens with one attached hydrogen (secondary N) is 1. The molecule has 1 aliphatic carbocycles. The van der Waals surface area contributed by atoms with Gasteiger partial charge in [0.1, 0.15) is 6.04 Å². The number of carbonyl (C=O) groups is 2. The first-order valence-corrected chi connectivity index (χ1v) is 8.55. The molecule has 1 aromatic rings. The highest BCUT2D eigenvalue weighted by Gasteiger charge is 2.40. The maximum Gasteiger partial charge on any atom is 0.249 e. The molecule has 1 aromatic carbocycles. The number of hydrogen-bond acceptors (Lipinski definition) is 3. The van der Waals surface area contributed by atoms with E-state index in [1.165, 1.54) is 0 Å². The standard InChI is InChI=1S/C17H22ClN3O2/c18-12-6-2-3-7-14(12)21-11-8-13(15(21)22)20-16(23)17(19)9-4-1-5-10-17/h2-3,6-7,13H,1,4-5,8-11,19H2,(H,20,23). The lowest BCUT2D eigenvalue weighted by Crippen LogP contribution is -2.58. The lowest BCUT2D eigenvalue weighted by molar-refractivity contribution is -0.131. The maximum absolute atomic E-state index is 12.6. The smallest absolute Gasteiger partial charge is 0.249 e. The molecule has 0 aromatic heterocycles. The minimum absolute atomic E-state index is 0.120. The molecule has 5 nitrogen and oxygen atoms in total. The Kier molecular flexibility index (Phi) is 4.60. The predicted octanol–water partition coefficient (Wildman–Crippen LogP) is 2.22. The summed E-state index contributed by atoms with van der Waals surface area (Å²) in [5, 5.41) is 3.40. The number of halogens is 1. The number of carbonyl (C=O) groups excluding carboxylic acids is 2. The van der Waals surface area contributed by atoms with Crippen LogP contribution >= 0.6 is 11.6 Å². The van der Waals surface area contributed by atoms with E-state index in [-0.39, 0.29) is 11.8 Å². The summed E-state index contributed by atoms with van der Waals surface area (Å²) >= 11 is 6.17. The van der Waals surface area contributed by atoms with Gasteiger partial charge in [-0.1, -0.05) is 43.0 Å². The van der Waals surface area contributed by atoms with Crippen molar-refractivity contribution < 1.29 is 9.59 Å². The average Bonchev–Trinajstić information content (AvgIpc) is 2.89. The van der Waals surface area contributed by atoms with Crippen molar-refractivity contribution in [2.75, 3.05) is 11.4 Å². The highest BCUT2D eigenvalue weighted by molar-refractivity contribution is 6.34. The van der Waals surface area contributed by atoms with Crippen molar-refractivity contribution in [3.05, 3.63) is 29.3 Å². The Morgan fingerprint density at radius 1 is 1.26 bits per heavy atom. The molecule has 1 saturated heterocycles. The Bertz CT molecular complexity index is 614. The second-order valence-electron chi connectivity index (χ2n) is 6.47. The molecule has 1 aliphatic heterocycles. The molecule has 2 amide bonds. The van der Waals surface area contributed by atoms with Crippen LogP contribution in [0.3, 0.4) is 0 Å². The summed E-state index contributed by atoms with van der Waals surface area (Å²) in [6, 6.07) is 6.73. The number of nitrogens with zero attached hydrogens (tertiary/aromatic N) is 1. The van der Waals surface area contributed by atoms with Gasteiger partial charge in [0.2, 0.25) is 11.8 Å². The molecule has 2 aliphatic rings. The van der Waals surface area contributed by atoms with Crippen molar-refractivity contribution in [1.29, 1.82) is 0 Å². The molecule has 3 rings (SSSR count). The van der Waals surface area contributed by atoms with Gasteiger partial charge in [0, 0.05) is 6.54 Å². The number of rotatable bonds is 3.